The molecule has 0 unspecified atom stereocenters. The Morgan fingerprint density at radius 2 is 1.95 bits per heavy atom. The summed E-state index contributed by atoms with van der Waals surface area (Å²) >= 11 is 5.88. The lowest BCUT2D eigenvalue weighted by atomic mass is 9.97. The van der Waals surface area contributed by atoms with Crippen LogP contribution in [0.25, 0.3) is 0 Å². The molecule has 1 saturated carbocycles. The minimum absolute atomic E-state index is 0.0175. The van der Waals surface area contributed by atoms with Crippen molar-refractivity contribution in [3.05, 3.63) is 34.9 Å². The summed E-state index contributed by atoms with van der Waals surface area (Å²) in [4.78, 5) is 11.9. The fourth-order valence-electron chi connectivity index (χ4n) is 2.77. The van der Waals surface area contributed by atoms with Crippen LogP contribution in [0.4, 0.5) is 0 Å². The van der Waals surface area contributed by atoms with Gasteiger partial charge in [-0.2, -0.15) is 0 Å². The fraction of sp³-hybridized carbons (Fsp3) is 0.562. The largest absolute Gasteiger partial charge is 0.352 e. The maximum atomic E-state index is 11.9. The van der Waals surface area contributed by atoms with Crippen molar-refractivity contribution < 1.29 is 4.79 Å². The van der Waals surface area contributed by atoms with Gasteiger partial charge in [0, 0.05) is 17.1 Å². The van der Waals surface area contributed by atoms with Gasteiger partial charge in [0.1, 0.15) is 0 Å². The van der Waals surface area contributed by atoms with Gasteiger partial charge in [-0.25, -0.2) is 0 Å². The summed E-state index contributed by atoms with van der Waals surface area (Å²) in [5.74, 6) is 0.776. The molecule has 2 rings (SSSR count). The van der Waals surface area contributed by atoms with Crippen LogP contribution < -0.4 is 5.32 Å². The molecule has 0 heterocycles. The van der Waals surface area contributed by atoms with Crippen molar-refractivity contribution in [3.63, 3.8) is 0 Å². The number of hydrogen-bond donors (Lipinski definition) is 1. The molecule has 1 aliphatic rings. The molecule has 1 N–H and O–H groups in total. The summed E-state index contributed by atoms with van der Waals surface area (Å²) in [6.07, 6.45) is 9.23. The molecule has 104 valence electrons. The van der Waals surface area contributed by atoms with Gasteiger partial charge in [-0.05, 0) is 30.5 Å². The van der Waals surface area contributed by atoms with E-state index in [1.807, 2.05) is 6.07 Å². The average Bonchev–Trinajstić information content (AvgIpc) is 2.67. The van der Waals surface area contributed by atoms with Crippen LogP contribution in [-0.2, 0) is 0 Å². The van der Waals surface area contributed by atoms with Crippen LogP contribution in [0, 0.1) is 5.92 Å². The van der Waals surface area contributed by atoms with Gasteiger partial charge in [0.25, 0.3) is 5.91 Å². The lowest BCUT2D eigenvalue weighted by molar-refractivity contribution is 0.0951. The van der Waals surface area contributed by atoms with Crippen LogP contribution in [0.2, 0.25) is 5.02 Å². The first-order chi connectivity index (χ1) is 9.25. The topological polar surface area (TPSA) is 29.1 Å². The molecule has 1 amide bonds. The highest BCUT2D eigenvalue weighted by Crippen LogP contribution is 2.24. The minimum Gasteiger partial charge on any atom is -0.352 e. The van der Waals surface area contributed by atoms with E-state index in [1.165, 1.54) is 38.5 Å². The van der Waals surface area contributed by atoms with Crippen molar-refractivity contribution in [3.8, 4) is 0 Å². The monoisotopic (exact) mass is 279 g/mol. The van der Waals surface area contributed by atoms with Crippen molar-refractivity contribution in [1.29, 1.82) is 0 Å². The van der Waals surface area contributed by atoms with Gasteiger partial charge < -0.3 is 5.32 Å². The predicted octanol–water partition coefficient (Wildman–Crippen LogP) is 4.43. The van der Waals surface area contributed by atoms with E-state index in [1.54, 1.807) is 18.2 Å². The number of halogens is 1. The van der Waals surface area contributed by atoms with Crippen LogP contribution in [0.5, 0.6) is 0 Å². The smallest absolute Gasteiger partial charge is 0.251 e. The number of nitrogens with one attached hydrogen (secondary N) is 1. The van der Waals surface area contributed by atoms with Gasteiger partial charge in [-0.3, -0.25) is 4.79 Å². The Hall–Kier alpha value is -1.02. The Kier molecular flexibility index (Phi) is 5.71. The molecule has 3 heteroatoms. The first-order valence-corrected chi connectivity index (χ1v) is 7.67. The van der Waals surface area contributed by atoms with E-state index in [0.717, 1.165) is 18.9 Å². The van der Waals surface area contributed by atoms with Gasteiger partial charge in [0.15, 0.2) is 0 Å². The van der Waals surface area contributed by atoms with Crippen LogP contribution in [-0.4, -0.2) is 12.5 Å². The van der Waals surface area contributed by atoms with E-state index in [2.05, 4.69) is 5.32 Å². The van der Waals surface area contributed by atoms with Gasteiger partial charge in [0.2, 0.25) is 0 Å². The van der Waals surface area contributed by atoms with Gasteiger partial charge in [-0.15, -0.1) is 0 Å². The second kappa shape index (κ2) is 7.54. The van der Waals surface area contributed by atoms with Crippen molar-refractivity contribution in [1.82, 2.24) is 5.32 Å². The number of rotatable bonds is 4. The Bertz CT molecular complexity index is 411. The van der Waals surface area contributed by atoms with Crippen molar-refractivity contribution in [2.75, 3.05) is 6.54 Å². The molecule has 0 aromatic heterocycles. The second-order valence-corrected chi connectivity index (χ2v) is 5.85. The maximum Gasteiger partial charge on any atom is 0.251 e. The molecule has 0 radical (unpaired) electrons. The zero-order valence-corrected chi connectivity index (χ0v) is 12.1. The summed E-state index contributed by atoms with van der Waals surface area (Å²) in [7, 11) is 0. The number of carbonyl (C=O) groups excluding carboxylic acids is 1. The molecule has 0 bridgehead atoms. The molecule has 1 aliphatic carbocycles. The van der Waals surface area contributed by atoms with Crippen molar-refractivity contribution in [2.45, 2.75) is 44.9 Å². The molecular weight excluding hydrogens is 258 g/mol. The zero-order chi connectivity index (χ0) is 13.5. The summed E-state index contributed by atoms with van der Waals surface area (Å²) in [6.45, 7) is 0.774. The average molecular weight is 280 g/mol. The van der Waals surface area contributed by atoms with E-state index in [9.17, 15) is 4.79 Å². The third kappa shape index (κ3) is 4.87. The molecule has 0 aliphatic heterocycles. The quantitative estimate of drug-likeness (QED) is 0.812. The summed E-state index contributed by atoms with van der Waals surface area (Å²) in [5.41, 5.74) is 0.647. The number of benzene rings is 1. The fourth-order valence-corrected chi connectivity index (χ4v) is 2.96. The van der Waals surface area contributed by atoms with Crippen LogP contribution in [0.15, 0.2) is 24.3 Å². The van der Waals surface area contributed by atoms with Gasteiger partial charge in [0.05, 0.1) is 0 Å². The summed E-state index contributed by atoms with van der Waals surface area (Å²) in [6, 6.07) is 7.10. The Labute approximate surface area is 120 Å². The summed E-state index contributed by atoms with van der Waals surface area (Å²) in [5, 5.41) is 3.60. The number of carbonyl (C=O) groups is 1. The van der Waals surface area contributed by atoms with Crippen LogP contribution in [0.3, 0.4) is 0 Å². The first-order valence-electron chi connectivity index (χ1n) is 7.29. The maximum absolute atomic E-state index is 11.9. The molecule has 0 spiro atoms. The molecule has 2 nitrogen and oxygen atoms in total. The van der Waals surface area contributed by atoms with Crippen molar-refractivity contribution >= 4 is 17.5 Å². The lowest BCUT2D eigenvalue weighted by Gasteiger charge is -2.14. The highest BCUT2D eigenvalue weighted by molar-refractivity contribution is 6.30. The van der Waals surface area contributed by atoms with E-state index < -0.39 is 0 Å². The standard InChI is InChI=1S/C16H22ClNO/c17-15-9-5-8-14(12-15)16(19)18-11-10-13-6-3-1-2-4-7-13/h5,8-9,12-13H,1-4,6-7,10-11H2,(H,18,19). The molecule has 0 atom stereocenters. The Morgan fingerprint density at radius 3 is 2.63 bits per heavy atom. The molecular formula is C16H22ClNO. The molecule has 1 aromatic carbocycles. The lowest BCUT2D eigenvalue weighted by Crippen LogP contribution is -2.25. The third-order valence-corrected chi connectivity index (χ3v) is 4.13. The molecule has 0 saturated heterocycles. The minimum atomic E-state index is -0.0175. The normalized spacial score (nSPS) is 16.9. The molecule has 1 aromatic rings. The number of amides is 1. The highest BCUT2D eigenvalue weighted by Gasteiger charge is 2.12. The Morgan fingerprint density at radius 1 is 1.21 bits per heavy atom. The molecule has 19 heavy (non-hydrogen) atoms. The van der Waals surface area contributed by atoms with Crippen LogP contribution in [0.1, 0.15) is 55.3 Å². The van der Waals surface area contributed by atoms with Gasteiger partial charge >= 0.3 is 0 Å². The third-order valence-electron chi connectivity index (χ3n) is 3.90. The van der Waals surface area contributed by atoms with E-state index in [0.29, 0.717) is 10.6 Å². The van der Waals surface area contributed by atoms with E-state index in [4.69, 9.17) is 11.6 Å². The highest BCUT2D eigenvalue weighted by atomic mass is 35.5. The SMILES string of the molecule is O=C(NCCC1CCCCCC1)c1cccc(Cl)c1. The van der Waals surface area contributed by atoms with Crippen molar-refractivity contribution in [2.24, 2.45) is 5.92 Å². The number of hydrogen-bond acceptors (Lipinski definition) is 1. The van der Waals surface area contributed by atoms with Gasteiger partial charge in [-0.1, -0.05) is 56.2 Å². The first kappa shape index (κ1) is 14.4. The van der Waals surface area contributed by atoms with Crippen LogP contribution >= 0.6 is 11.6 Å². The second-order valence-electron chi connectivity index (χ2n) is 5.41. The van der Waals surface area contributed by atoms with E-state index in [-0.39, 0.29) is 5.91 Å². The summed E-state index contributed by atoms with van der Waals surface area (Å²) < 4.78 is 0. The van der Waals surface area contributed by atoms with E-state index >= 15 is 0 Å². The zero-order valence-electron chi connectivity index (χ0n) is 11.3. The predicted molar refractivity (Wildman–Crippen MR) is 79.6 cm³/mol. The molecule has 1 fully saturated rings. The Balaban J connectivity index is 1.74.